The Morgan fingerprint density at radius 1 is 1.40 bits per heavy atom. The van der Waals surface area contributed by atoms with Crippen LogP contribution in [0, 0.1) is 0 Å². The molecule has 0 aromatic carbocycles. The van der Waals surface area contributed by atoms with Gasteiger partial charge in [0, 0.05) is 5.92 Å². The molecule has 1 aliphatic carbocycles. The predicted molar refractivity (Wildman–Crippen MR) is 57.6 cm³/mol. The number of hydrogen-bond donors (Lipinski definition) is 1. The summed E-state index contributed by atoms with van der Waals surface area (Å²) in [5.74, 6) is 2.10. The molecule has 4 heteroatoms. The summed E-state index contributed by atoms with van der Waals surface area (Å²) in [6, 6.07) is 0.202. The summed E-state index contributed by atoms with van der Waals surface area (Å²) in [6.45, 7) is 2.11. The topological polar surface area (TPSA) is 51.0 Å². The number of hydrogen-bond acceptors (Lipinski definition) is 4. The van der Waals surface area contributed by atoms with Gasteiger partial charge in [-0.05, 0) is 26.3 Å². The second kappa shape index (κ2) is 4.75. The monoisotopic (exact) mass is 209 g/mol. The van der Waals surface area contributed by atoms with Gasteiger partial charge in [0.1, 0.15) is 0 Å². The smallest absolute Gasteiger partial charge is 0.233 e. The summed E-state index contributed by atoms with van der Waals surface area (Å²) in [4.78, 5) is 0. The molecule has 84 valence electrons. The number of aromatic nitrogens is 2. The maximum absolute atomic E-state index is 5.73. The summed E-state index contributed by atoms with van der Waals surface area (Å²) >= 11 is 0. The third kappa shape index (κ3) is 2.20. The molecule has 1 N–H and O–H groups in total. The van der Waals surface area contributed by atoms with Gasteiger partial charge >= 0.3 is 0 Å². The van der Waals surface area contributed by atoms with E-state index in [4.69, 9.17) is 4.42 Å². The second-order valence-electron chi connectivity index (χ2n) is 4.21. The van der Waals surface area contributed by atoms with E-state index < -0.39 is 0 Å². The Balaban J connectivity index is 2.08. The molecular formula is C11H19N3O. The van der Waals surface area contributed by atoms with E-state index in [1.807, 2.05) is 7.05 Å². The molecule has 1 fully saturated rings. The molecule has 2 rings (SSSR count). The van der Waals surface area contributed by atoms with Crippen molar-refractivity contribution in [3.63, 3.8) is 0 Å². The lowest BCUT2D eigenvalue weighted by atomic mass is 10.1. The predicted octanol–water partition coefficient (Wildman–Crippen LogP) is 2.40. The van der Waals surface area contributed by atoms with Crippen LogP contribution in [0.3, 0.4) is 0 Å². The van der Waals surface area contributed by atoms with Crippen LogP contribution in [0.4, 0.5) is 0 Å². The van der Waals surface area contributed by atoms with E-state index in [0.717, 1.165) is 18.2 Å². The Hall–Kier alpha value is -0.900. The van der Waals surface area contributed by atoms with Crippen molar-refractivity contribution in [3.05, 3.63) is 11.8 Å². The van der Waals surface area contributed by atoms with Crippen LogP contribution in [0.15, 0.2) is 4.42 Å². The third-order valence-electron chi connectivity index (χ3n) is 3.22. The quantitative estimate of drug-likeness (QED) is 0.827. The zero-order valence-electron chi connectivity index (χ0n) is 9.49. The fraction of sp³-hybridized carbons (Fsp3) is 0.818. The molecule has 0 saturated heterocycles. The second-order valence-corrected chi connectivity index (χ2v) is 4.21. The Morgan fingerprint density at radius 3 is 2.73 bits per heavy atom. The summed E-state index contributed by atoms with van der Waals surface area (Å²) in [6.07, 6.45) is 5.98. The molecule has 1 aliphatic rings. The van der Waals surface area contributed by atoms with Crippen molar-refractivity contribution >= 4 is 0 Å². The van der Waals surface area contributed by atoms with E-state index in [2.05, 4.69) is 22.4 Å². The van der Waals surface area contributed by atoms with Crippen molar-refractivity contribution in [2.45, 2.75) is 51.0 Å². The fourth-order valence-corrected chi connectivity index (χ4v) is 2.23. The van der Waals surface area contributed by atoms with Crippen LogP contribution in [-0.4, -0.2) is 17.2 Å². The normalized spacial score (nSPS) is 19.6. The molecule has 0 aliphatic heterocycles. The molecule has 1 heterocycles. The van der Waals surface area contributed by atoms with Crippen molar-refractivity contribution in [1.29, 1.82) is 0 Å². The summed E-state index contributed by atoms with van der Waals surface area (Å²) in [5.41, 5.74) is 0. The van der Waals surface area contributed by atoms with E-state index in [-0.39, 0.29) is 6.04 Å². The number of nitrogens with zero attached hydrogens (tertiary/aromatic N) is 2. The highest BCUT2D eigenvalue weighted by Crippen LogP contribution is 2.33. The minimum absolute atomic E-state index is 0.202. The highest BCUT2D eigenvalue weighted by atomic mass is 16.4. The molecule has 0 bridgehead atoms. The summed E-state index contributed by atoms with van der Waals surface area (Å²) < 4.78 is 5.73. The summed E-state index contributed by atoms with van der Waals surface area (Å²) in [7, 11) is 1.92. The highest BCUT2D eigenvalue weighted by molar-refractivity contribution is 4.96. The van der Waals surface area contributed by atoms with E-state index in [1.165, 1.54) is 25.7 Å². The first-order valence-electron chi connectivity index (χ1n) is 5.85. The van der Waals surface area contributed by atoms with Crippen molar-refractivity contribution in [1.82, 2.24) is 15.5 Å². The minimum atomic E-state index is 0.202. The lowest BCUT2D eigenvalue weighted by Gasteiger charge is -2.07. The lowest BCUT2D eigenvalue weighted by molar-refractivity contribution is 0.369. The van der Waals surface area contributed by atoms with Crippen LogP contribution in [-0.2, 0) is 0 Å². The average molecular weight is 209 g/mol. The maximum Gasteiger partial charge on any atom is 0.233 e. The van der Waals surface area contributed by atoms with Crippen LogP contribution in [0.1, 0.15) is 62.8 Å². The summed E-state index contributed by atoms with van der Waals surface area (Å²) in [5, 5.41) is 11.5. The van der Waals surface area contributed by atoms with Crippen LogP contribution in [0.25, 0.3) is 0 Å². The number of rotatable bonds is 4. The van der Waals surface area contributed by atoms with Gasteiger partial charge in [-0.3, -0.25) is 0 Å². The van der Waals surface area contributed by atoms with Gasteiger partial charge in [0.15, 0.2) is 0 Å². The zero-order valence-corrected chi connectivity index (χ0v) is 9.49. The van der Waals surface area contributed by atoms with Gasteiger partial charge in [-0.1, -0.05) is 19.8 Å². The van der Waals surface area contributed by atoms with Gasteiger partial charge in [0.25, 0.3) is 0 Å². The van der Waals surface area contributed by atoms with Gasteiger partial charge in [0.05, 0.1) is 6.04 Å². The lowest BCUT2D eigenvalue weighted by Crippen LogP contribution is -2.15. The largest absolute Gasteiger partial charge is 0.423 e. The highest BCUT2D eigenvalue weighted by Gasteiger charge is 2.24. The van der Waals surface area contributed by atoms with E-state index in [9.17, 15) is 0 Å². The fourth-order valence-electron chi connectivity index (χ4n) is 2.23. The van der Waals surface area contributed by atoms with Gasteiger partial charge in [0.2, 0.25) is 11.8 Å². The van der Waals surface area contributed by atoms with Crippen LogP contribution in [0.2, 0.25) is 0 Å². The van der Waals surface area contributed by atoms with Gasteiger partial charge < -0.3 is 9.73 Å². The van der Waals surface area contributed by atoms with Crippen molar-refractivity contribution < 1.29 is 4.42 Å². The van der Waals surface area contributed by atoms with Gasteiger partial charge in [-0.2, -0.15) is 0 Å². The van der Waals surface area contributed by atoms with Crippen molar-refractivity contribution in [2.75, 3.05) is 7.05 Å². The molecule has 0 radical (unpaired) electrons. The van der Waals surface area contributed by atoms with Gasteiger partial charge in [-0.25, -0.2) is 0 Å². The minimum Gasteiger partial charge on any atom is -0.423 e. The Kier molecular flexibility index (Phi) is 3.36. The van der Waals surface area contributed by atoms with E-state index in [0.29, 0.717) is 5.92 Å². The Morgan fingerprint density at radius 2 is 2.13 bits per heavy atom. The van der Waals surface area contributed by atoms with Crippen LogP contribution >= 0.6 is 0 Å². The van der Waals surface area contributed by atoms with Crippen molar-refractivity contribution in [3.8, 4) is 0 Å². The molecule has 0 amide bonds. The molecule has 15 heavy (non-hydrogen) atoms. The molecule has 1 saturated carbocycles. The molecular weight excluding hydrogens is 190 g/mol. The molecule has 1 aromatic rings. The van der Waals surface area contributed by atoms with Crippen LogP contribution < -0.4 is 5.32 Å². The molecule has 1 atom stereocenters. The van der Waals surface area contributed by atoms with E-state index >= 15 is 0 Å². The standard InChI is InChI=1S/C11H19N3O/c1-3-9(12-2)11-14-13-10(15-11)8-6-4-5-7-8/h8-9,12H,3-7H2,1-2H3. The Bertz CT molecular complexity index is 284. The zero-order chi connectivity index (χ0) is 10.7. The first-order chi connectivity index (χ1) is 7.35. The van der Waals surface area contributed by atoms with Crippen molar-refractivity contribution in [2.24, 2.45) is 0 Å². The first kappa shape index (κ1) is 10.6. The third-order valence-corrected chi connectivity index (χ3v) is 3.22. The Labute approximate surface area is 90.5 Å². The SMILES string of the molecule is CCC(NC)c1nnc(C2CCCC2)o1. The average Bonchev–Trinajstić information content (AvgIpc) is 2.89. The van der Waals surface area contributed by atoms with Gasteiger partial charge in [-0.15, -0.1) is 10.2 Å². The first-order valence-corrected chi connectivity index (χ1v) is 5.85. The van der Waals surface area contributed by atoms with Crippen LogP contribution in [0.5, 0.6) is 0 Å². The maximum atomic E-state index is 5.73. The molecule has 1 unspecified atom stereocenters. The molecule has 4 nitrogen and oxygen atoms in total. The van der Waals surface area contributed by atoms with E-state index in [1.54, 1.807) is 0 Å². The number of nitrogens with one attached hydrogen (secondary N) is 1. The molecule has 1 aromatic heterocycles. The molecule has 0 spiro atoms.